The summed E-state index contributed by atoms with van der Waals surface area (Å²) in [5.74, 6) is 0.655. The van der Waals surface area contributed by atoms with Crippen LogP contribution in [-0.4, -0.2) is 38.7 Å². The summed E-state index contributed by atoms with van der Waals surface area (Å²) in [5, 5.41) is 9.10. The van der Waals surface area contributed by atoms with Gasteiger partial charge in [-0.2, -0.15) is 5.26 Å². The predicted octanol–water partition coefficient (Wildman–Crippen LogP) is 3.23. The van der Waals surface area contributed by atoms with E-state index in [1.165, 1.54) is 0 Å². The summed E-state index contributed by atoms with van der Waals surface area (Å²) in [6.45, 7) is 2.97. The molecule has 1 aromatic carbocycles. The van der Waals surface area contributed by atoms with E-state index >= 15 is 0 Å². The Balaban J connectivity index is 1.29. The summed E-state index contributed by atoms with van der Waals surface area (Å²) in [6, 6.07) is 13.7. The fourth-order valence-electron chi connectivity index (χ4n) is 4.34. The molecule has 7 heteroatoms. The number of nitrogens with one attached hydrogen (secondary N) is 1. The summed E-state index contributed by atoms with van der Waals surface area (Å²) < 4.78 is 0. The molecular weight excluding hydrogens is 400 g/mol. The Kier molecular flexibility index (Phi) is 5.61. The molecule has 32 heavy (non-hydrogen) atoms. The zero-order valence-electron chi connectivity index (χ0n) is 17.8. The maximum Gasteiger partial charge on any atom is 0.255 e. The Morgan fingerprint density at radius 1 is 1.16 bits per heavy atom. The van der Waals surface area contributed by atoms with Gasteiger partial charge >= 0.3 is 0 Å². The standard InChI is InChI=1S/C25H24N6O/c26-13-17-4-3-5-19(12-17)21-8-7-18(14-28-21)15-31-11-9-22-20(16-31)25(32)30-24(29-22)23-6-1-2-10-27-23/h3-5,7-8,12,14H,1-2,6,9-11,15-16H2,(H,29,30,32). The molecule has 0 bridgehead atoms. The third-order valence-electron chi connectivity index (χ3n) is 6.06. The molecular formula is C25H24N6O. The lowest BCUT2D eigenvalue weighted by Crippen LogP contribution is -2.36. The van der Waals surface area contributed by atoms with Gasteiger partial charge < -0.3 is 4.98 Å². The number of H-pyrrole nitrogens is 1. The van der Waals surface area contributed by atoms with E-state index in [0.29, 0.717) is 17.9 Å². The van der Waals surface area contributed by atoms with Gasteiger partial charge in [-0.05, 0) is 43.0 Å². The van der Waals surface area contributed by atoms with Gasteiger partial charge in [0, 0.05) is 44.4 Å². The minimum Gasteiger partial charge on any atom is -0.305 e. The van der Waals surface area contributed by atoms with Crippen LogP contribution in [0.3, 0.4) is 0 Å². The quantitative estimate of drug-likeness (QED) is 0.693. The van der Waals surface area contributed by atoms with Crippen molar-refractivity contribution in [3.05, 3.63) is 81.2 Å². The van der Waals surface area contributed by atoms with Crippen molar-refractivity contribution >= 4 is 5.71 Å². The van der Waals surface area contributed by atoms with Crippen molar-refractivity contribution in [2.75, 3.05) is 13.1 Å². The molecule has 2 aromatic heterocycles. The van der Waals surface area contributed by atoms with E-state index < -0.39 is 0 Å². The van der Waals surface area contributed by atoms with Crippen molar-refractivity contribution in [2.45, 2.75) is 38.8 Å². The molecule has 5 rings (SSSR count). The zero-order valence-corrected chi connectivity index (χ0v) is 17.8. The fraction of sp³-hybridized carbons (Fsp3) is 0.320. The number of aliphatic imine (C=N–C) groups is 1. The molecule has 4 heterocycles. The van der Waals surface area contributed by atoms with Gasteiger partial charge in [0.1, 0.15) is 0 Å². The first-order valence-corrected chi connectivity index (χ1v) is 11.0. The third-order valence-corrected chi connectivity index (χ3v) is 6.06. The number of nitriles is 1. The van der Waals surface area contributed by atoms with Crippen LogP contribution in [0.4, 0.5) is 0 Å². The molecule has 2 aliphatic rings. The van der Waals surface area contributed by atoms with Gasteiger partial charge in [-0.15, -0.1) is 0 Å². The molecule has 0 spiro atoms. The average Bonchev–Trinajstić information content (AvgIpc) is 2.85. The summed E-state index contributed by atoms with van der Waals surface area (Å²) in [7, 11) is 0. The molecule has 0 aliphatic carbocycles. The fourth-order valence-corrected chi connectivity index (χ4v) is 4.34. The number of rotatable bonds is 4. The summed E-state index contributed by atoms with van der Waals surface area (Å²) >= 11 is 0. The molecule has 0 unspecified atom stereocenters. The van der Waals surface area contributed by atoms with Crippen LogP contribution in [0.5, 0.6) is 0 Å². The van der Waals surface area contributed by atoms with E-state index in [9.17, 15) is 4.79 Å². The van der Waals surface area contributed by atoms with E-state index in [1.807, 2.05) is 30.5 Å². The van der Waals surface area contributed by atoms with Crippen LogP contribution >= 0.6 is 0 Å². The van der Waals surface area contributed by atoms with Crippen molar-refractivity contribution in [1.82, 2.24) is 19.9 Å². The Hall–Kier alpha value is -3.63. The Morgan fingerprint density at radius 3 is 2.88 bits per heavy atom. The Bertz CT molecular complexity index is 1270. The third kappa shape index (κ3) is 4.23. The highest BCUT2D eigenvalue weighted by molar-refractivity contribution is 5.97. The first-order chi connectivity index (χ1) is 15.7. The minimum atomic E-state index is -0.0474. The van der Waals surface area contributed by atoms with Gasteiger partial charge in [-0.1, -0.05) is 18.2 Å². The highest BCUT2D eigenvalue weighted by Gasteiger charge is 2.22. The summed E-state index contributed by atoms with van der Waals surface area (Å²) in [6.07, 6.45) is 5.72. The molecule has 0 fully saturated rings. The van der Waals surface area contributed by atoms with E-state index in [1.54, 1.807) is 6.07 Å². The second-order valence-corrected chi connectivity index (χ2v) is 8.33. The van der Waals surface area contributed by atoms with Crippen LogP contribution in [0.2, 0.25) is 0 Å². The van der Waals surface area contributed by atoms with Gasteiger partial charge in [0.15, 0.2) is 5.82 Å². The molecule has 0 radical (unpaired) electrons. The maximum atomic E-state index is 12.8. The largest absolute Gasteiger partial charge is 0.305 e. The molecule has 0 amide bonds. The lowest BCUT2D eigenvalue weighted by molar-refractivity contribution is 0.241. The van der Waals surface area contributed by atoms with Crippen molar-refractivity contribution in [3.8, 4) is 17.3 Å². The van der Waals surface area contributed by atoms with Crippen LogP contribution in [0, 0.1) is 11.3 Å². The number of aromatic nitrogens is 3. The molecule has 0 saturated carbocycles. The van der Waals surface area contributed by atoms with Crippen molar-refractivity contribution < 1.29 is 0 Å². The average molecular weight is 425 g/mol. The Labute approximate surface area is 186 Å². The number of aromatic amines is 1. The highest BCUT2D eigenvalue weighted by Crippen LogP contribution is 2.21. The summed E-state index contributed by atoms with van der Waals surface area (Å²) in [4.78, 5) is 31.9. The highest BCUT2D eigenvalue weighted by atomic mass is 16.1. The number of hydrogen-bond donors (Lipinski definition) is 1. The zero-order chi connectivity index (χ0) is 21.9. The molecule has 1 N–H and O–H groups in total. The molecule has 160 valence electrons. The second kappa shape index (κ2) is 8.85. The van der Waals surface area contributed by atoms with Crippen molar-refractivity contribution in [1.29, 1.82) is 5.26 Å². The van der Waals surface area contributed by atoms with Crippen molar-refractivity contribution in [2.24, 2.45) is 4.99 Å². The predicted molar refractivity (Wildman–Crippen MR) is 122 cm³/mol. The lowest BCUT2D eigenvalue weighted by atomic mass is 10.0. The molecule has 3 aromatic rings. The van der Waals surface area contributed by atoms with E-state index in [0.717, 1.165) is 79.1 Å². The van der Waals surface area contributed by atoms with Crippen LogP contribution in [0.15, 0.2) is 52.4 Å². The summed E-state index contributed by atoms with van der Waals surface area (Å²) in [5.41, 5.74) is 6.03. The van der Waals surface area contributed by atoms with Gasteiger partial charge in [0.05, 0.1) is 34.3 Å². The van der Waals surface area contributed by atoms with Gasteiger partial charge in [-0.25, -0.2) is 4.98 Å². The topological polar surface area (TPSA) is 98.0 Å². The van der Waals surface area contributed by atoms with Gasteiger partial charge in [0.2, 0.25) is 0 Å². The van der Waals surface area contributed by atoms with E-state index in [-0.39, 0.29) is 5.56 Å². The molecule has 0 atom stereocenters. The lowest BCUT2D eigenvalue weighted by Gasteiger charge is -2.27. The SMILES string of the molecule is N#Cc1cccc(-c2ccc(CN3CCc4nc(C5=NCCCC5)[nH]c(=O)c4C3)cn2)c1. The first-order valence-electron chi connectivity index (χ1n) is 11.0. The number of fused-ring (bicyclic) bond motifs is 1. The number of benzene rings is 1. The first kappa shape index (κ1) is 20.3. The van der Waals surface area contributed by atoms with Gasteiger partial charge in [0.25, 0.3) is 5.56 Å². The molecule has 0 saturated heterocycles. The van der Waals surface area contributed by atoms with Crippen LogP contribution in [0.1, 0.15) is 47.5 Å². The van der Waals surface area contributed by atoms with Crippen LogP contribution in [-0.2, 0) is 19.5 Å². The maximum absolute atomic E-state index is 12.8. The smallest absolute Gasteiger partial charge is 0.255 e. The number of hydrogen-bond acceptors (Lipinski definition) is 6. The van der Waals surface area contributed by atoms with E-state index in [4.69, 9.17) is 10.2 Å². The normalized spacial score (nSPS) is 16.2. The minimum absolute atomic E-state index is 0.0474. The second-order valence-electron chi connectivity index (χ2n) is 8.33. The van der Waals surface area contributed by atoms with E-state index in [2.05, 4.69) is 32.0 Å². The molecule has 7 nitrogen and oxygen atoms in total. The van der Waals surface area contributed by atoms with Crippen LogP contribution < -0.4 is 5.56 Å². The van der Waals surface area contributed by atoms with Crippen molar-refractivity contribution in [3.63, 3.8) is 0 Å². The Morgan fingerprint density at radius 2 is 2.09 bits per heavy atom. The number of pyridine rings is 1. The monoisotopic (exact) mass is 424 g/mol. The molecule has 2 aliphatic heterocycles. The van der Waals surface area contributed by atoms with Crippen LogP contribution in [0.25, 0.3) is 11.3 Å². The van der Waals surface area contributed by atoms with Gasteiger partial charge in [-0.3, -0.25) is 19.7 Å². The number of nitrogens with zero attached hydrogens (tertiary/aromatic N) is 5.